The van der Waals surface area contributed by atoms with Gasteiger partial charge in [-0.25, -0.2) is 0 Å². The molecule has 0 radical (unpaired) electrons. The lowest BCUT2D eigenvalue weighted by molar-refractivity contribution is -0.116. The third-order valence-corrected chi connectivity index (χ3v) is 3.81. The van der Waals surface area contributed by atoms with E-state index in [0.29, 0.717) is 31.0 Å². The highest BCUT2D eigenvalue weighted by Crippen LogP contribution is 2.27. The topological polar surface area (TPSA) is 59.6 Å². The van der Waals surface area contributed by atoms with Crippen molar-refractivity contribution in [2.24, 2.45) is 0 Å². The predicted octanol–water partition coefficient (Wildman–Crippen LogP) is 3.44. The molecule has 0 aromatic heterocycles. The molecule has 0 heterocycles. The summed E-state index contributed by atoms with van der Waals surface area (Å²) >= 11 is 0. The van der Waals surface area contributed by atoms with Crippen molar-refractivity contribution in [3.8, 4) is 11.5 Å². The molecule has 5 heteroatoms. The maximum atomic E-state index is 12.0. The van der Waals surface area contributed by atoms with Gasteiger partial charge in [0.15, 0.2) is 11.5 Å². The Morgan fingerprint density at radius 3 is 2.28 bits per heavy atom. The van der Waals surface area contributed by atoms with E-state index >= 15 is 0 Å². The monoisotopic (exact) mass is 342 g/mol. The molecule has 0 fully saturated rings. The van der Waals surface area contributed by atoms with Crippen molar-refractivity contribution in [1.82, 2.24) is 5.32 Å². The number of benzene rings is 2. The molecule has 25 heavy (non-hydrogen) atoms. The fourth-order valence-corrected chi connectivity index (χ4v) is 2.70. The number of aryl methyl sites for hydroxylation is 2. The minimum absolute atomic E-state index is 0.00446. The van der Waals surface area contributed by atoms with Crippen LogP contribution < -0.4 is 20.1 Å². The van der Waals surface area contributed by atoms with Gasteiger partial charge in [-0.2, -0.15) is 0 Å². The molecule has 0 unspecified atom stereocenters. The van der Waals surface area contributed by atoms with Crippen molar-refractivity contribution < 1.29 is 14.3 Å². The van der Waals surface area contributed by atoms with Crippen molar-refractivity contribution >= 4 is 11.6 Å². The maximum absolute atomic E-state index is 12.0. The first-order valence-electron chi connectivity index (χ1n) is 8.31. The van der Waals surface area contributed by atoms with E-state index in [-0.39, 0.29) is 5.91 Å². The highest BCUT2D eigenvalue weighted by molar-refractivity contribution is 5.91. The number of rotatable bonds is 8. The molecular weight excluding hydrogens is 316 g/mol. The molecule has 0 aliphatic carbocycles. The molecule has 2 rings (SSSR count). The summed E-state index contributed by atoms with van der Waals surface area (Å²) in [6.07, 6.45) is 0.417. The summed E-state index contributed by atoms with van der Waals surface area (Å²) in [5.41, 5.74) is 4.21. The molecular formula is C20H26N2O3. The smallest absolute Gasteiger partial charge is 0.225 e. The first-order valence-corrected chi connectivity index (χ1v) is 8.31. The third kappa shape index (κ3) is 5.80. The van der Waals surface area contributed by atoms with E-state index < -0.39 is 0 Å². The lowest BCUT2D eigenvalue weighted by Gasteiger charge is -2.11. The zero-order valence-corrected chi connectivity index (χ0v) is 15.3. The van der Waals surface area contributed by atoms with Crippen LogP contribution in [0.4, 0.5) is 5.69 Å². The number of hydrogen-bond acceptors (Lipinski definition) is 4. The fourth-order valence-electron chi connectivity index (χ4n) is 2.70. The van der Waals surface area contributed by atoms with E-state index in [1.54, 1.807) is 14.2 Å². The van der Waals surface area contributed by atoms with Gasteiger partial charge in [-0.05, 0) is 54.8 Å². The van der Waals surface area contributed by atoms with Gasteiger partial charge in [0.25, 0.3) is 0 Å². The van der Waals surface area contributed by atoms with Crippen LogP contribution in [0.5, 0.6) is 11.5 Å². The predicted molar refractivity (Wildman–Crippen MR) is 100 cm³/mol. The summed E-state index contributed by atoms with van der Waals surface area (Å²) in [7, 11) is 3.23. The average Bonchev–Trinajstić information content (AvgIpc) is 2.57. The van der Waals surface area contributed by atoms with E-state index in [4.69, 9.17) is 9.47 Å². The Kier molecular flexibility index (Phi) is 6.83. The minimum Gasteiger partial charge on any atom is -0.493 e. The van der Waals surface area contributed by atoms with Gasteiger partial charge in [0.05, 0.1) is 14.2 Å². The minimum atomic E-state index is 0.00446. The van der Waals surface area contributed by atoms with E-state index in [2.05, 4.69) is 16.7 Å². The Labute approximate surface area is 149 Å². The Morgan fingerprint density at radius 1 is 0.960 bits per heavy atom. The molecule has 0 atom stereocenters. The zero-order valence-electron chi connectivity index (χ0n) is 15.3. The number of nitrogens with one attached hydrogen (secondary N) is 2. The average molecular weight is 342 g/mol. The number of methoxy groups -OCH3 is 2. The van der Waals surface area contributed by atoms with Crippen LogP contribution in [-0.4, -0.2) is 26.7 Å². The molecule has 0 aliphatic rings. The molecule has 2 N–H and O–H groups in total. The van der Waals surface area contributed by atoms with Gasteiger partial charge in [0.2, 0.25) is 5.91 Å². The Bertz CT molecular complexity index is 709. The van der Waals surface area contributed by atoms with Gasteiger partial charge in [-0.3, -0.25) is 4.79 Å². The maximum Gasteiger partial charge on any atom is 0.225 e. The van der Waals surface area contributed by atoms with Crippen LogP contribution in [0.2, 0.25) is 0 Å². The van der Waals surface area contributed by atoms with Gasteiger partial charge in [0, 0.05) is 25.2 Å². The molecule has 5 nitrogen and oxygen atoms in total. The SMILES string of the molecule is COc1ccc(CNCCC(=O)Nc2cc(C)cc(C)c2)cc1OC. The van der Waals surface area contributed by atoms with Gasteiger partial charge in [0.1, 0.15) is 0 Å². The molecule has 0 saturated carbocycles. The number of carbonyl (C=O) groups excluding carboxylic acids is 1. The first kappa shape index (κ1) is 18.8. The van der Waals surface area contributed by atoms with Crippen LogP contribution in [0.1, 0.15) is 23.1 Å². The Hall–Kier alpha value is -2.53. The van der Waals surface area contributed by atoms with Crippen LogP contribution in [0.25, 0.3) is 0 Å². The molecule has 0 spiro atoms. The van der Waals surface area contributed by atoms with Crippen LogP contribution in [0.3, 0.4) is 0 Å². The number of hydrogen-bond donors (Lipinski definition) is 2. The number of amides is 1. The van der Waals surface area contributed by atoms with Crippen molar-refractivity contribution in [3.05, 3.63) is 53.1 Å². The summed E-state index contributed by atoms with van der Waals surface area (Å²) in [6.45, 7) is 5.31. The molecule has 0 bridgehead atoms. The standard InChI is InChI=1S/C20H26N2O3/c1-14-9-15(2)11-17(10-14)22-20(23)7-8-21-13-16-5-6-18(24-3)19(12-16)25-4/h5-6,9-12,21H,7-8,13H2,1-4H3,(H,22,23). The van der Waals surface area contributed by atoms with Crippen LogP contribution in [-0.2, 0) is 11.3 Å². The van der Waals surface area contributed by atoms with E-state index in [0.717, 1.165) is 22.4 Å². The molecule has 1 amide bonds. The summed E-state index contributed by atoms with van der Waals surface area (Å²) in [5, 5.41) is 6.21. The summed E-state index contributed by atoms with van der Waals surface area (Å²) in [5.74, 6) is 1.42. The van der Waals surface area contributed by atoms with Gasteiger partial charge >= 0.3 is 0 Å². The number of ether oxygens (including phenoxy) is 2. The van der Waals surface area contributed by atoms with Crippen molar-refractivity contribution in [2.75, 3.05) is 26.1 Å². The lowest BCUT2D eigenvalue weighted by Crippen LogP contribution is -2.21. The van der Waals surface area contributed by atoms with Crippen molar-refractivity contribution in [1.29, 1.82) is 0 Å². The largest absolute Gasteiger partial charge is 0.493 e. The molecule has 2 aromatic rings. The highest BCUT2D eigenvalue weighted by Gasteiger charge is 2.06. The second kappa shape index (κ2) is 9.08. The van der Waals surface area contributed by atoms with Crippen LogP contribution in [0, 0.1) is 13.8 Å². The van der Waals surface area contributed by atoms with E-state index in [9.17, 15) is 4.79 Å². The van der Waals surface area contributed by atoms with E-state index in [1.165, 1.54) is 0 Å². The van der Waals surface area contributed by atoms with Gasteiger partial charge < -0.3 is 20.1 Å². The van der Waals surface area contributed by atoms with Crippen molar-refractivity contribution in [3.63, 3.8) is 0 Å². The Morgan fingerprint density at radius 2 is 1.64 bits per heavy atom. The second-order valence-corrected chi connectivity index (χ2v) is 6.04. The molecule has 134 valence electrons. The summed E-state index contributed by atoms with van der Waals surface area (Å²) < 4.78 is 10.5. The van der Waals surface area contributed by atoms with E-state index in [1.807, 2.05) is 44.2 Å². The van der Waals surface area contributed by atoms with Crippen LogP contribution >= 0.6 is 0 Å². The fraction of sp³-hybridized carbons (Fsp3) is 0.350. The summed E-state index contributed by atoms with van der Waals surface area (Å²) in [6, 6.07) is 11.8. The van der Waals surface area contributed by atoms with Crippen molar-refractivity contribution in [2.45, 2.75) is 26.8 Å². The highest BCUT2D eigenvalue weighted by atomic mass is 16.5. The van der Waals surface area contributed by atoms with Gasteiger partial charge in [-0.15, -0.1) is 0 Å². The Balaban J connectivity index is 1.78. The number of carbonyl (C=O) groups is 1. The quantitative estimate of drug-likeness (QED) is 0.722. The third-order valence-electron chi connectivity index (χ3n) is 3.81. The second-order valence-electron chi connectivity index (χ2n) is 6.04. The zero-order chi connectivity index (χ0) is 18.2. The number of anilines is 1. The summed E-state index contributed by atoms with van der Waals surface area (Å²) in [4.78, 5) is 12.0. The first-order chi connectivity index (χ1) is 12.0. The van der Waals surface area contributed by atoms with Gasteiger partial charge in [-0.1, -0.05) is 12.1 Å². The molecule has 0 aliphatic heterocycles. The lowest BCUT2D eigenvalue weighted by atomic mass is 10.1. The molecule has 0 saturated heterocycles. The molecule has 2 aromatic carbocycles. The normalized spacial score (nSPS) is 10.4. The van der Waals surface area contributed by atoms with Crippen LogP contribution in [0.15, 0.2) is 36.4 Å².